The number of nitrogens with one attached hydrogen (secondary N) is 2. The number of rotatable bonds is 6. The Kier molecular flexibility index (Phi) is 6.79. The lowest BCUT2D eigenvalue weighted by Gasteiger charge is -2.26. The maximum absolute atomic E-state index is 13.5. The summed E-state index contributed by atoms with van der Waals surface area (Å²) >= 11 is 0. The molecule has 1 heterocycles. The summed E-state index contributed by atoms with van der Waals surface area (Å²) < 4.78 is 5.36. The second kappa shape index (κ2) is 10.3. The van der Waals surface area contributed by atoms with Crippen molar-refractivity contribution in [3.8, 4) is 0 Å². The van der Waals surface area contributed by atoms with Crippen molar-refractivity contribution in [2.45, 2.75) is 12.8 Å². The molecule has 1 fully saturated rings. The van der Waals surface area contributed by atoms with Crippen molar-refractivity contribution in [1.29, 1.82) is 0 Å². The van der Waals surface area contributed by atoms with Crippen LogP contribution in [0.2, 0.25) is 0 Å². The summed E-state index contributed by atoms with van der Waals surface area (Å²) in [5, 5.41) is 6.33. The van der Waals surface area contributed by atoms with Gasteiger partial charge in [0.25, 0.3) is 5.91 Å². The molecule has 35 heavy (non-hydrogen) atoms. The maximum atomic E-state index is 13.5. The van der Waals surface area contributed by atoms with E-state index in [-0.39, 0.29) is 11.7 Å². The molecular weight excluding hydrogens is 440 g/mol. The molecule has 7 heteroatoms. The topological polar surface area (TPSA) is 96.7 Å². The summed E-state index contributed by atoms with van der Waals surface area (Å²) in [4.78, 5) is 28.5. The third-order valence-corrected chi connectivity index (χ3v) is 6.69. The second-order valence-corrected chi connectivity index (χ2v) is 9.00. The fourth-order valence-corrected chi connectivity index (χ4v) is 4.68. The molecule has 0 saturated carbocycles. The fourth-order valence-electron chi connectivity index (χ4n) is 4.68. The smallest absolute Gasteiger partial charge is 0.251 e. The highest BCUT2D eigenvalue weighted by atomic mass is 16.5. The van der Waals surface area contributed by atoms with Gasteiger partial charge in [-0.05, 0) is 66.4 Å². The number of morpholine rings is 1. The van der Waals surface area contributed by atoms with Crippen molar-refractivity contribution in [1.82, 2.24) is 10.2 Å². The Morgan fingerprint density at radius 1 is 0.943 bits per heavy atom. The van der Waals surface area contributed by atoms with Crippen molar-refractivity contribution >= 4 is 28.8 Å². The van der Waals surface area contributed by atoms with Crippen LogP contribution < -0.4 is 16.4 Å². The minimum absolute atomic E-state index is 0.0405. The van der Waals surface area contributed by atoms with E-state index < -0.39 is 0 Å². The predicted molar refractivity (Wildman–Crippen MR) is 137 cm³/mol. The van der Waals surface area contributed by atoms with Gasteiger partial charge in [0.15, 0.2) is 5.78 Å². The molecule has 0 atom stereocenters. The molecule has 0 spiro atoms. The SMILES string of the molecule is Nc1ccccc1Nc1ccc2c(c1)CCc1ccc(C(=O)NCCN3CCOCC3)cc1C2=O. The van der Waals surface area contributed by atoms with Crippen LogP contribution in [0, 0.1) is 0 Å². The predicted octanol–water partition coefficient (Wildman–Crippen LogP) is 3.40. The molecule has 0 bridgehead atoms. The van der Waals surface area contributed by atoms with E-state index in [1.54, 1.807) is 6.07 Å². The summed E-state index contributed by atoms with van der Waals surface area (Å²) in [6.07, 6.45) is 1.49. The van der Waals surface area contributed by atoms with Gasteiger partial charge in [0, 0.05) is 48.6 Å². The van der Waals surface area contributed by atoms with Crippen molar-refractivity contribution in [3.63, 3.8) is 0 Å². The summed E-state index contributed by atoms with van der Waals surface area (Å²) in [5.74, 6) is -0.195. The Hall–Kier alpha value is -3.68. The first-order valence-corrected chi connectivity index (χ1v) is 12.1. The number of ketones is 1. The number of anilines is 3. The number of benzene rings is 3. The van der Waals surface area contributed by atoms with Crippen LogP contribution >= 0.6 is 0 Å². The molecule has 180 valence electrons. The molecule has 0 aromatic heterocycles. The van der Waals surface area contributed by atoms with Gasteiger partial charge in [0.1, 0.15) is 0 Å². The number of para-hydroxylation sites is 2. The van der Waals surface area contributed by atoms with Crippen LogP contribution in [0.3, 0.4) is 0 Å². The molecule has 1 aliphatic carbocycles. The summed E-state index contributed by atoms with van der Waals surface area (Å²) in [6, 6.07) is 18.9. The minimum atomic E-state index is -0.154. The van der Waals surface area contributed by atoms with Crippen LogP contribution in [-0.4, -0.2) is 56.0 Å². The summed E-state index contributed by atoms with van der Waals surface area (Å²) in [5.41, 5.74) is 12.2. The van der Waals surface area contributed by atoms with Gasteiger partial charge in [-0.1, -0.05) is 18.2 Å². The zero-order valence-electron chi connectivity index (χ0n) is 19.7. The Bertz CT molecular complexity index is 1250. The number of aryl methyl sites for hydroxylation is 2. The van der Waals surface area contributed by atoms with Crippen LogP contribution in [0.25, 0.3) is 0 Å². The van der Waals surface area contributed by atoms with E-state index in [4.69, 9.17) is 10.5 Å². The van der Waals surface area contributed by atoms with E-state index in [9.17, 15) is 9.59 Å². The van der Waals surface area contributed by atoms with Crippen molar-refractivity contribution in [3.05, 3.63) is 88.5 Å². The van der Waals surface area contributed by atoms with Gasteiger partial charge in [-0.2, -0.15) is 0 Å². The van der Waals surface area contributed by atoms with Gasteiger partial charge in [-0.25, -0.2) is 0 Å². The van der Waals surface area contributed by atoms with E-state index in [0.29, 0.717) is 28.9 Å². The number of carbonyl (C=O) groups excluding carboxylic acids is 2. The number of nitrogens with zero attached hydrogens (tertiary/aromatic N) is 1. The van der Waals surface area contributed by atoms with E-state index in [2.05, 4.69) is 15.5 Å². The molecule has 3 aromatic rings. The minimum Gasteiger partial charge on any atom is -0.397 e. The average Bonchev–Trinajstić information content (AvgIpc) is 3.02. The van der Waals surface area contributed by atoms with Gasteiger partial charge in [-0.3, -0.25) is 14.5 Å². The van der Waals surface area contributed by atoms with Crippen LogP contribution in [0.5, 0.6) is 0 Å². The Labute approximate surface area is 205 Å². The molecule has 1 aliphatic heterocycles. The van der Waals surface area contributed by atoms with Crippen LogP contribution in [0.15, 0.2) is 60.7 Å². The zero-order valence-corrected chi connectivity index (χ0v) is 19.7. The number of fused-ring (bicyclic) bond motifs is 2. The van der Waals surface area contributed by atoms with Crippen molar-refractivity contribution < 1.29 is 14.3 Å². The lowest BCUT2D eigenvalue weighted by atomic mass is 9.96. The van der Waals surface area contributed by atoms with Crippen LogP contribution in [-0.2, 0) is 17.6 Å². The Balaban J connectivity index is 1.30. The average molecular weight is 471 g/mol. The molecule has 5 rings (SSSR count). The van der Waals surface area contributed by atoms with Crippen molar-refractivity contribution in [2.24, 2.45) is 0 Å². The van der Waals surface area contributed by atoms with Crippen molar-refractivity contribution in [2.75, 3.05) is 50.4 Å². The molecule has 4 N–H and O–H groups in total. The second-order valence-electron chi connectivity index (χ2n) is 9.00. The first kappa shape index (κ1) is 23.1. The van der Waals surface area contributed by atoms with Crippen LogP contribution in [0.4, 0.5) is 17.1 Å². The summed E-state index contributed by atoms with van der Waals surface area (Å²) in [7, 11) is 0. The third-order valence-electron chi connectivity index (χ3n) is 6.69. The van der Waals surface area contributed by atoms with E-state index in [0.717, 1.165) is 68.2 Å². The summed E-state index contributed by atoms with van der Waals surface area (Å²) in [6.45, 7) is 4.60. The highest BCUT2D eigenvalue weighted by Gasteiger charge is 2.23. The van der Waals surface area contributed by atoms with Crippen LogP contribution in [0.1, 0.15) is 37.4 Å². The van der Waals surface area contributed by atoms with E-state index in [1.165, 1.54) is 0 Å². The molecular formula is C28H30N4O3. The number of ether oxygens (including phenoxy) is 1. The van der Waals surface area contributed by atoms with E-state index >= 15 is 0 Å². The molecule has 0 unspecified atom stereocenters. The zero-order chi connectivity index (χ0) is 24.2. The lowest BCUT2D eigenvalue weighted by Crippen LogP contribution is -2.41. The monoisotopic (exact) mass is 470 g/mol. The number of hydrogen-bond acceptors (Lipinski definition) is 6. The third kappa shape index (κ3) is 5.21. The van der Waals surface area contributed by atoms with Gasteiger partial charge in [0.05, 0.1) is 24.6 Å². The molecule has 7 nitrogen and oxygen atoms in total. The highest BCUT2D eigenvalue weighted by Crippen LogP contribution is 2.29. The van der Waals surface area contributed by atoms with Gasteiger partial charge >= 0.3 is 0 Å². The quantitative estimate of drug-likeness (QED) is 0.478. The standard InChI is InChI=1S/C28H30N4O3/c29-25-3-1-2-4-26(25)31-22-9-10-23-20(17-22)7-5-19-6-8-21(18-24(19)27(23)33)28(34)30-11-12-32-13-15-35-16-14-32/h1-4,6,8-10,17-18,31H,5,7,11-16,29H2,(H,30,34). The molecule has 1 saturated heterocycles. The number of nitrogen functional groups attached to an aromatic ring is 1. The molecule has 3 aromatic carbocycles. The lowest BCUT2D eigenvalue weighted by molar-refractivity contribution is 0.0383. The van der Waals surface area contributed by atoms with Gasteiger partial charge < -0.3 is 21.1 Å². The largest absolute Gasteiger partial charge is 0.397 e. The molecule has 1 amide bonds. The molecule has 2 aliphatic rings. The Morgan fingerprint density at radius 3 is 2.57 bits per heavy atom. The van der Waals surface area contributed by atoms with E-state index in [1.807, 2.05) is 54.6 Å². The first-order chi connectivity index (χ1) is 17.1. The normalized spacial score (nSPS) is 15.6. The molecule has 0 radical (unpaired) electrons. The van der Waals surface area contributed by atoms with Gasteiger partial charge in [0.2, 0.25) is 0 Å². The number of hydrogen-bond donors (Lipinski definition) is 3. The fraction of sp³-hybridized carbons (Fsp3) is 0.286. The number of carbonyl (C=O) groups is 2. The maximum Gasteiger partial charge on any atom is 0.251 e. The Morgan fingerprint density at radius 2 is 1.74 bits per heavy atom. The first-order valence-electron chi connectivity index (χ1n) is 12.1. The number of amides is 1. The highest BCUT2D eigenvalue weighted by molar-refractivity contribution is 6.12. The number of nitrogens with two attached hydrogens (primary N) is 1. The van der Waals surface area contributed by atoms with Gasteiger partial charge in [-0.15, -0.1) is 0 Å².